The molecule has 21 heavy (non-hydrogen) atoms. The molecule has 3 nitrogen and oxygen atoms in total. The van der Waals surface area contributed by atoms with Gasteiger partial charge in [-0.15, -0.1) is 0 Å². The Morgan fingerprint density at radius 3 is 2.81 bits per heavy atom. The van der Waals surface area contributed by atoms with E-state index in [2.05, 4.69) is 20.5 Å². The van der Waals surface area contributed by atoms with Crippen LogP contribution < -0.4 is 4.74 Å². The zero-order valence-corrected chi connectivity index (χ0v) is 13.1. The van der Waals surface area contributed by atoms with E-state index in [1.54, 1.807) is 7.11 Å². The van der Waals surface area contributed by atoms with Crippen LogP contribution in [0.2, 0.25) is 0 Å². The normalized spacial score (nSPS) is 10.8. The molecule has 0 saturated carbocycles. The van der Waals surface area contributed by atoms with Crippen molar-refractivity contribution in [3.8, 4) is 5.75 Å². The molecule has 0 atom stereocenters. The molecule has 0 aliphatic rings. The molecular formula is C17H14BrNO2. The Morgan fingerprint density at radius 2 is 2.05 bits per heavy atom. The van der Waals surface area contributed by atoms with Crippen molar-refractivity contribution >= 4 is 33.1 Å². The maximum atomic E-state index is 10.8. The number of carbonyl (C=O) groups is 1. The number of methoxy groups -OCH3 is 1. The standard InChI is InChI=1S/C17H14BrNO2/c1-21-15-3-4-16(18)14(9-15)10-19-7-6-13-8-12(11-20)2-5-17(13)19/h2-9,11H,10H2,1H3. The van der Waals surface area contributed by atoms with E-state index in [9.17, 15) is 4.79 Å². The molecule has 0 spiro atoms. The van der Waals surface area contributed by atoms with Crippen LogP contribution in [0.4, 0.5) is 0 Å². The van der Waals surface area contributed by atoms with Crippen LogP contribution in [0.1, 0.15) is 15.9 Å². The van der Waals surface area contributed by atoms with Crippen LogP contribution in [0.25, 0.3) is 10.9 Å². The fraction of sp³-hybridized carbons (Fsp3) is 0.118. The van der Waals surface area contributed by atoms with E-state index in [1.807, 2.05) is 48.7 Å². The smallest absolute Gasteiger partial charge is 0.150 e. The number of fused-ring (bicyclic) bond motifs is 1. The van der Waals surface area contributed by atoms with Crippen LogP contribution in [0, 0.1) is 0 Å². The average Bonchev–Trinajstić information content (AvgIpc) is 2.91. The molecule has 0 fully saturated rings. The topological polar surface area (TPSA) is 31.2 Å². The summed E-state index contributed by atoms with van der Waals surface area (Å²) in [5.41, 5.74) is 2.95. The molecule has 106 valence electrons. The zero-order valence-electron chi connectivity index (χ0n) is 11.5. The van der Waals surface area contributed by atoms with Crippen LogP contribution >= 0.6 is 15.9 Å². The Morgan fingerprint density at radius 1 is 1.19 bits per heavy atom. The molecule has 0 radical (unpaired) electrons. The minimum Gasteiger partial charge on any atom is -0.497 e. The van der Waals surface area contributed by atoms with Crippen LogP contribution in [0.5, 0.6) is 5.75 Å². The largest absolute Gasteiger partial charge is 0.497 e. The zero-order chi connectivity index (χ0) is 14.8. The van der Waals surface area contributed by atoms with Gasteiger partial charge >= 0.3 is 0 Å². The van der Waals surface area contributed by atoms with Gasteiger partial charge in [-0.25, -0.2) is 0 Å². The third-order valence-electron chi connectivity index (χ3n) is 3.52. The quantitative estimate of drug-likeness (QED) is 0.662. The first-order valence-corrected chi connectivity index (χ1v) is 7.37. The summed E-state index contributed by atoms with van der Waals surface area (Å²) in [5, 5.41) is 1.07. The Kier molecular flexibility index (Phi) is 3.80. The molecule has 3 rings (SSSR count). The van der Waals surface area contributed by atoms with E-state index >= 15 is 0 Å². The molecular weight excluding hydrogens is 330 g/mol. The molecule has 4 heteroatoms. The molecule has 0 bridgehead atoms. The highest BCUT2D eigenvalue weighted by Gasteiger charge is 2.06. The number of aldehydes is 1. The second-order valence-electron chi connectivity index (χ2n) is 4.84. The number of aromatic nitrogens is 1. The van der Waals surface area contributed by atoms with Crippen LogP contribution in [-0.2, 0) is 6.54 Å². The van der Waals surface area contributed by atoms with Gasteiger partial charge in [0, 0.05) is 33.7 Å². The third-order valence-corrected chi connectivity index (χ3v) is 4.30. The maximum Gasteiger partial charge on any atom is 0.150 e. The van der Waals surface area contributed by atoms with Gasteiger partial charge in [-0.1, -0.05) is 15.9 Å². The number of halogens is 1. The van der Waals surface area contributed by atoms with Crippen molar-refractivity contribution in [3.63, 3.8) is 0 Å². The summed E-state index contributed by atoms with van der Waals surface area (Å²) in [7, 11) is 1.67. The molecule has 3 aromatic rings. The Balaban J connectivity index is 2.00. The van der Waals surface area contributed by atoms with Crippen molar-refractivity contribution in [1.29, 1.82) is 0 Å². The first-order valence-electron chi connectivity index (χ1n) is 6.58. The van der Waals surface area contributed by atoms with Gasteiger partial charge in [-0.05, 0) is 48.0 Å². The van der Waals surface area contributed by atoms with Gasteiger partial charge in [0.2, 0.25) is 0 Å². The summed E-state index contributed by atoms with van der Waals surface area (Å²) in [4.78, 5) is 10.8. The van der Waals surface area contributed by atoms with E-state index in [1.165, 1.54) is 0 Å². The second kappa shape index (κ2) is 5.74. The van der Waals surface area contributed by atoms with Gasteiger partial charge in [-0.2, -0.15) is 0 Å². The molecule has 0 amide bonds. The van der Waals surface area contributed by atoms with E-state index in [-0.39, 0.29) is 0 Å². The molecule has 0 unspecified atom stereocenters. The summed E-state index contributed by atoms with van der Waals surface area (Å²) < 4.78 is 8.48. The van der Waals surface area contributed by atoms with Gasteiger partial charge < -0.3 is 9.30 Å². The Bertz CT molecular complexity index is 808. The maximum absolute atomic E-state index is 10.8. The molecule has 1 aromatic heterocycles. The number of ether oxygens (including phenoxy) is 1. The van der Waals surface area contributed by atoms with Crippen LogP contribution in [-0.4, -0.2) is 18.0 Å². The minimum atomic E-state index is 0.697. The van der Waals surface area contributed by atoms with Crippen molar-refractivity contribution in [2.24, 2.45) is 0 Å². The van der Waals surface area contributed by atoms with E-state index < -0.39 is 0 Å². The number of benzene rings is 2. The first kappa shape index (κ1) is 13.9. The predicted octanol–water partition coefficient (Wildman–Crippen LogP) is 4.27. The number of rotatable bonds is 4. The number of hydrogen-bond acceptors (Lipinski definition) is 2. The lowest BCUT2D eigenvalue weighted by Gasteiger charge is -2.10. The Hall–Kier alpha value is -2.07. The second-order valence-corrected chi connectivity index (χ2v) is 5.69. The summed E-state index contributed by atoms with van der Waals surface area (Å²) >= 11 is 3.58. The van der Waals surface area contributed by atoms with Crippen molar-refractivity contribution in [2.45, 2.75) is 6.54 Å². The van der Waals surface area contributed by atoms with Gasteiger partial charge in [0.1, 0.15) is 12.0 Å². The first-order chi connectivity index (χ1) is 10.2. The minimum absolute atomic E-state index is 0.697. The van der Waals surface area contributed by atoms with E-state index in [0.717, 1.165) is 39.5 Å². The molecule has 0 saturated heterocycles. The molecule has 0 aliphatic carbocycles. The lowest BCUT2D eigenvalue weighted by molar-refractivity contribution is 0.112. The van der Waals surface area contributed by atoms with Crippen molar-refractivity contribution in [3.05, 3.63) is 64.3 Å². The van der Waals surface area contributed by atoms with Gasteiger partial charge in [0.15, 0.2) is 0 Å². The summed E-state index contributed by atoms with van der Waals surface area (Å²) in [6.45, 7) is 0.738. The van der Waals surface area contributed by atoms with Crippen LogP contribution in [0.3, 0.4) is 0 Å². The van der Waals surface area contributed by atoms with E-state index in [4.69, 9.17) is 4.74 Å². The summed E-state index contributed by atoms with van der Waals surface area (Å²) in [6, 6.07) is 13.7. The lowest BCUT2D eigenvalue weighted by Crippen LogP contribution is -1.99. The molecule has 2 aromatic carbocycles. The number of nitrogens with zero attached hydrogens (tertiary/aromatic N) is 1. The fourth-order valence-electron chi connectivity index (χ4n) is 2.41. The van der Waals surface area contributed by atoms with Gasteiger partial charge in [0.05, 0.1) is 7.11 Å². The average molecular weight is 344 g/mol. The Labute approximate surface area is 131 Å². The number of hydrogen-bond donors (Lipinski definition) is 0. The van der Waals surface area contributed by atoms with Crippen LogP contribution in [0.15, 0.2) is 53.1 Å². The SMILES string of the molecule is COc1ccc(Br)c(Cn2ccc3cc(C=O)ccc32)c1. The highest BCUT2D eigenvalue weighted by Crippen LogP contribution is 2.25. The van der Waals surface area contributed by atoms with Gasteiger partial charge in [0.25, 0.3) is 0 Å². The highest BCUT2D eigenvalue weighted by molar-refractivity contribution is 9.10. The lowest BCUT2D eigenvalue weighted by atomic mass is 10.1. The molecule has 0 N–H and O–H groups in total. The van der Waals surface area contributed by atoms with Crippen molar-refractivity contribution in [1.82, 2.24) is 4.57 Å². The molecule has 0 aliphatic heterocycles. The van der Waals surface area contributed by atoms with Crippen molar-refractivity contribution in [2.75, 3.05) is 7.11 Å². The predicted molar refractivity (Wildman–Crippen MR) is 87.1 cm³/mol. The van der Waals surface area contributed by atoms with E-state index in [0.29, 0.717) is 5.56 Å². The van der Waals surface area contributed by atoms with Crippen molar-refractivity contribution < 1.29 is 9.53 Å². The molecule has 1 heterocycles. The summed E-state index contributed by atoms with van der Waals surface area (Å²) in [6.07, 6.45) is 2.90. The summed E-state index contributed by atoms with van der Waals surface area (Å²) in [5.74, 6) is 0.841. The highest BCUT2D eigenvalue weighted by atomic mass is 79.9. The monoisotopic (exact) mass is 343 g/mol. The fourth-order valence-corrected chi connectivity index (χ4v) is 2.78. The number of carbonyl (C=O) groups excluding carboxylic acids is 1. The van der Waals surface area contributed by atoms with Gasteiger partial charge in [-0.3, -0.25) is 4.79 Å². The third kappa shape index (κ3) is 2.72.